The summed E-state index contributed by atoms with van der Waals surface area (Å²) >= 11 is 1.55. The molecule has 0 heterocycles. The van der Waals surface area contributed by atoms with Crippen molar-refractivity contribution < 1.29 is 13.5 Å². The lowest BCUT2D eigenvalue weighted by molar-refractivity contribution is 0.467. The largest absolute Gasteiger partial charge is 0.507 e. The highest BCUT2D eigenvalue weighted by molar-refractivity contribution is 7.98. The van der Waals surface area contributed by atoms with Crippen LogP contribution in [0, 0.1) is 13.8 Å². The first-order chi connectivity index (χ1) is 9.85. The van der Waals surface area contributed by atoms with Crippen molar-refractivity contribution in [2.24, 2.45) is 0 Å². The molecule has 6 heteroatoms. The Morgan fingerprint density at radius 2 is 1.67 bits per heavy atom. The summed E-state index contributed by atoms with van der Waals surface area (Å²) in [6.45, 7) is 3.44. The fourth-order valence-electron chi connectivity index (χ4n) is 1.90. The van der Waals surface area contributed by atoms with Crippen LogP contribution >= 0.6 is 11.8 Å². The number of rotatable bonds is 4. The maximum atomic E-state index is 12.4. The van der Waals surface area contributed by atoms with Crippen LogP contribution < -0.4 is 4.72 Å². The normalized spacial score (nSPS) is 11.4. The Hall–Kier alpha value is -1.66. The van der Waals surface area contributed by atoms with E-state index in [1.165, 1.54) is 0 Å². The molecule has 2 aromatic carbocycles. The van der Waals surface area contributed by atoms with Gasteiger partial charge in [-0.1, -0.05) is 6.07 Å². The Morgan fingerprint density at radius 1 is 1.05 bits per heavy atom. The molecule has 0 aliphatic heterocycles. The number of aryl methyl sites for hydroxylation is 1. The third-order valence-electron chi connectivity index (χ3n) is 3.25. The Balaban J connectivity index is 2.35. The van der Waals surface area contributed by atoms with Gasteiger partial charge in [-0.2, -0.15) is 0 Å². The molecule has 21 heavy (non-hydrogen) atoms. The van der Waals surface area contributed by atoms with Gasteiger partial charge in [-0.15, -0.1) is 11.8 Å². The molecule has 2 rings (SSSR count). The first kappa shape index (κ1) is 15.7. The minimum atomic E-state index is -3.66. The second-order valence-corrected chi connectivity index (χ2v) is 7.25. The van der Waals surface area contributed by atoms with E-state index in [-0.39, 0.29) is 10.6 Å². The SMILES string of the molecule is CSc1ccc(S(=O)(=O)Nc2ccc(C)c(O)c2C)cc1. The van der Waals surface area contributed by atoms with Crippen LogP contribution in [-0.4, -0.2) is 19.8 Å². The molecule has 0 aliphatic rings. The maximum absolute atomic E-state index is 12.4. The molecule has 2 aromatic rings. The van der Waals surface area contributed by atoms with Crippen LogP contribution in [0.15, 0.2) is 46.2 Å². The van der Waals surface area contributed by atoms with Gasteiger partial charge >= 0.3 is 0 Å². The standard InChI is InChI=1S/C15H17NO3S2/c1-10-4-9-14(11(2)15(10)17)16-21(18,19)13-7-5-12(20-3)6-8-13/h4-9,16-17H,1-3H3. The molecule has 0 aliphatic carbocycles. The fourth-order valence-corrected chi connectivity index (χ4v) is 3.44. The van der Waals surface area contributed by atoms with Crippen molar-refractivity contribution in [1.29, 1.82) is 0 Å². The van der Waals surface area contributed by atoms with Crippen LogP contribution in [0.25, 0.3) is 0 Å². The van der Waals surface area contributed by atoms with Crippen LogP contribution in [0.4, 0.5) is 5.69 Å². The number of anilines is 1. The van der Waals surface area contributed by atoms with Crippen LogP contribution in [0.3, 0.4) is 0 Å². The van der Waals surface area contributed by atoms with Gasteiger partial charge in [-0.3, -0.25) is 4.72 Å². The van der Waals surface area contributed by atoms with E-state index in [0.717, 1.165) is 4.90 Å². The summed E-state index contributed by atoms with van der Waals surface area (Å²) in [6, 6.07) is 9.99. The summed E-state index contributed by atoms with van der Waals surface area (Å²) < 4.78 is 27.2. The lowest BCUT2D eigenvalue weighted by atomic mass is 10.1. The lowest BCUT2D eigenvalue weighted by Crippen LogP contribution is -2.13. The highest BCUT2D eigenvalue weighted by atomic mass is 32.2. The molecule has 0 amide bonds. The zero-order valence-corrected chi connectivity index (χ0v) is 13.7. The fraction of sp³-hybridized carbons (Fsp3) is 0.200. The molecule has 0 unspecified atom stereocenters. The molecule has 4 nitrogen and oxygen atoms in total. The van der Waals surface area contributed by atoms with Gasteiger partial charge in [0.25, 0.3) is 10.0 Å². The smallest absolute Gasteiger partial charge is 0.261 e. The van der Waals surface area contributed by atoms with Gasteiger partial charge in [0.1, 0.15) is 5.75 Å². The molecule has 0 aromatic heterocycles. The van der Waals surface area contributed by atoms with E-state index in [2.05, 4.69) is 4.72 Å². The predicted octanol–water partition coefficient (Wildman–Crippen LogP) is 3.53. The molecule has 112 valence electrons. The Labute approximate surface area is 129 Å². The number of phenolic OH excluding ortho intramolecular Hbond substituents is 1. The summed E-state index contributed by atoms with van der Waals surface area (Å²) in [6.07, 6.45) is 1.93. The molecule has 0 spiro atoms. The summed E-state index contributed by atoms with van der Waals surface area (Å²) in [4.78, 5) is 1.19. The zero-order valence-electron chi connectivity index (χ0n) is 12.0. The van der Waals surface area contributed by atoms with Crippen molar-refractivity contribution >= 4 is 27.5 Å². The number of thioether (sulfide) groups is 1. The molecule has 0 radical (unpaired) electrons. The number of benzene rings is 2. The summed E-state index contributed by atoms with van der Waals surface area (Å²) in [5.74, 6) is 0.105. The topological polar surface area (TPSA) is 66.4 Å². The molecule has 2 N–H and O–H groups in total. The van der Waals surface area contributed by atoms with Crippen molar-refractivity contribution in [3.05, 3.63) is 47.5 Å². The van der Waals surface area contributed by atoms with E-state index in [9.17, 15) is 13.5 Å². The third-order valence-corrected chi connectivity index (χ3v) is 5.37. The van der Waals surface area contributed by atoms with Gasteiger partial charge in [0, 0.05) is 10.5 Å². The van der Waals surface area contributed by atoms with E-state index in [1.54, 1.807) is 62.0 Å². The first-order valence-corrected chi connectivity index (χ1v) is 9.02. The number of phenols is 1. The summed E-state index contributed by atoms with van der Waals surface area (Å²) in [7, 11) is -3.66. The minimum Gasteiger partial charge on any atom is -0.507 e. The van der Waals surface area contributed by atoms with E-state index >= 15 is 0 Å². The number of hydrogen-bond acceptors (Lipinski definition) is 4. The van der Waals surface area contributed by atoms with Crippen molar-refractivity contribution in [2.75, 3.05) is 11.0 Å². The van der Waals surface area contributed by atoms with Crippen LogP contribution in [0.2, 0.25) is 0 Å². The first-order valence-electron chi connectivity index (χ1n) is 6.31. The van der Waals surface area contributed by atoms with Gasteiger partial charge in [-0.25, -0.2) is 8.42 Å². The molecular formula is C15H17NO3S2. The molecule has 0 atom stereocenters. The van der Waals surface area contributed by atoms with Gasteiger partial charge < -0.3 is 5.11 Å². The zero-order chi connectivity index (χ0) is 15.6. The number of sulfonamides is 1. The van der Waals surface area contributed by atoms with Crippen molar-refractivity contribution in [1.82, 2.24) is 0 Å². The summed E-state index contributed by atoms with van der Waals surface area (Å²) in [5, 5.41) is 9.89. The maximum Gasteiger partial charge on any atom is 0.261 e. The monoisotopic (exact) mass is 323 g/mol. The van der Waals surface area contributed by atoms with E-state index in [4.69, 9.17) is 0 Å². The average molecular weight is 323 g/mol. The molecular weight excluding hydrogens is 306 g/mol. The number of nitrogens with one attached hydrogen (secondary N) is 1. The van der Waals surface area contributed by atoms with E-state index in [0.29, 0.717) is 16.8 Å². The quantitative estimate of drug-likeness (QED) is 0.845. The lowest BCUT2D eigenvalue weighted by Gasteiger charge is -2.13. The Morgan fingerprint density at radius 3 is 2.24 bits per heavy atom. The molecule has 0 fully saturated rings. The van der Waals surface area contributed by atoms with Gasteiger partial charge in [-0.05, 0) is 56.0 Å². The minimum absolute atomic E-state index is 0.105. The molecule has 0 saturated carbocycles. The van der Waals surface area contributed by atoms with Gasteiger partial charge in [0.05, 0.1) is 10.6 Å². The Bertz CT molecular complexity index is 753. The summed E-state index contributed by atoms with van der Waals surface area (Å²) in [5.41, 5.74) is 1.60. The predicted molar refractivity (Wildman–Crippen MR) is 86.6 cm³/mol. The molecule has 0 bridgehead atoms. The highest BCUT2D eigenvalue weighted by Crippen LogP contribution is 2.29. The second-order valence-electron chi connectivity index (χ2n) is 4.68. The second kappa shape index (κ2) is 5.99. The van der Waals surface area contributed by atoms with Crippen LogP contribution in [0.1, 0.15) is 11.1 Å². The van der Waals surface area contributed by atoms with E-state index < -0.39 is 10.0 Å². The number of hydrogen-bond donors (Lipinski definition) is 2. The van der Waals surface area contributed by atoms with Crippen molar-refractivity contribution in [3.8, 4) is 5.75 Å². The van der Waals surface area contributed by atoms with Crippen molar-refractivity contribution in [3.63, 3.8) is 0 Å². The highest BCUT2D eigenvalue weighted by Gasteiger charge is 2.16. The average Bonchev–Trinajstić information content (AvgIpc) is 2.48. The van der Waals surface area contributed by atoms with Crippen molar-refractivity contribution in [2.45, 2.75) is 23.6 Å². The van der Waals surface area contributed by atoms with Crippen LogP contribution in [0.5, 0.6) is 5.75 Å². The van der Waals surface area contributed by atoms with E-state index in [1.807, 2.05) is 6.26 Å². The van der Waals surface area contributed by atoms with Gasteiger partial charge in [0.2, 0.25) is 0 Å². The molecule has 0 saturated heterocycles. The van der Waals surface area contributed by atoms with Gasteiger partial charge in [0.15, 0.2) is 0 Å². The van der Waals surface area contributed by atoms with Crippen LogP contribution in [-0.2, 0) is 10.0 Å². The third kappa shape index (κ3) is 3.33. The number of aromatic hydroxyl groups is 1. The Kier molecular flexibility index (Phi) is 4.49.